The van der Waals surface area contributed by atoms with Crippen molar-refractivity contribution in [2.24, 2.45) is 5.73 Å². The molecule has 0 spiro atoms. The number of hydrogen-bond donors (Lipinski definition) is 2. The van der Waals surface area contributed by atoms with E-state index in [-0.39, 0.29) is 11.5 Å². The smallest absolute Gasteiger partial charge is 0.267 e. The molecule has 2 aromatic heterocycles. The summed E-state index contributed by atoms with van der Waals surface area (Å²) in [6.45, 7) is 2.63. The van der Waals surface area contributed by atoms with Crippen LogP contribution in [0.5, 0.6) is 0 Å². The Balaban J connectivity index is 1.71. The number of carbonyl (C=O) groups excluding carboxylic acids is 1. The number of aromatic nitrogens is 3. The quantitative estimate of drug-likeness (QED) is 0.446. The Hall–Kier alpha value is -3.62. The van der Waals surface area contributed by atoms with Crippen LogP contribution in [0, 0.1) is 5.82 Å². The molecule has 0 aliphatic rings. The van der Waals surface area contributed by atoms with E-state index in [0.717, 1.165) is 22.1 Å². The first-order valence-corrected chi connectivity index (χ1v) is 9.76. The minimum absolute atomic E-state index is 0.130. The number of benzene rings is 2. The highest BCUT2D eigenvalue weighted by Gasteiger charge is 2.13. The van der Waals surface area contributed by atoms with Crippen LogP contribution in [0.2, 0.25) is 0 Å². The zero-order valence-corrected chi connectivity index (χ0v) is 16.8. The van der Waals surface area contributed by atoms with Gasteiger partial charge in [0.2, 0.25) is 0 Å². The second-order valence-electron chi connectivity index (χ2n) is 7.06. The molecule has 158 valence electrons. The third-order valence-corrected chi connectivity index (χ3v) is 4.89. The molecule has 3 N–H and O–H groups in total. The van der Waals surface area contributed by atoms with Gasteiger partial charge in [0.25, 0.3) is 5.91 Å². The molecule has 2 heterocycles. The number of aliphatic hydroxyl groups excluding tert-OH is 1. The molecular weight excluding hydrogens is 399 g/mol. The molecule has 0 saturated carbocycles. The maximum atomic E-state index is 13.4. The van der Waals surface area contributed by atoms with E-state index in [9.17, 15) is 14.3 Å². The van der Waals surface area contributed by atoms with Gasteiger partial charge in [-0.1, -0.05) is 24.3 Å². The van der Waals surface area contributed by atoms with E-state index < -0.39 is 12.2 Å². The summed E-state index contributed by atoms with van der Waals surface area (Å²) in [5.41, 5.74) is 9.16. The normalized spacial score (nSPS) is 12.2. The van der Waals surface area contributed by atoms with Gasteiger partial charge in [-0.2, -0.15) is 5.10 Å². The van der Waals surface area contributed by atoms with Crippen molar-refractivity contribution in [3.05, 3.63) is 83.6 Å². The number of halogens is 1. The average molecular weight is 420 g/mol. The number of pyridine rings is 1. The monoisotopic (exact) mass is 420 g/mol. The van der Waals surface area contributed by atoms with Crippen LogP contribution in [-0.4, -0.2) is 32.4 Å². The second-order valence-corrected chi connectivity index (χ2v) is 7.06. The van der Waals surface area contributed by atoms with Gasteiger partial charge in [0.1, 0.15) is 11.5 Å². The summed E-state index contributed by atoms with van der Waals surface area (Å²) in [6.07, 6.45) is 2.24. The Labute approximate surface area is 177 Å². The zero-order chi connectivity index (χ0) is 22.0. The maximum Gasteiger partial charge on any atom is 0.267 e. The van der Waals surface area contributed by atoms with Crippen LogP contribution in [0.3, 0.4) is 0 Å². The first-order valence-electron chi connectivity index (χ1n) is 9.76. The summed E-state index contributed by atoms with van der Waals surface area (Å²) in [5.74, 6) is -0.982. The average Bonchev–Trinajstić information content (AvgIpc) is 3.22. The van der Waals surface area contributed by atoms with E-state index in [4.69, 9.17) is 10.5 Å². The fourth-order valence-electron chi connectivity index (χ4n) is 3.40. The molecule has 4 aromatic rings. The predicted octanol–water partition coefficient (Wildman–Crippen LogP) is 3.41. The molecule has 0 saturated heterocycles. The van der Waals surface area contributed by atoms with Crippen molar-refractivity contribution in [3.8, 4) is 11.1 Å². The summed E-state index contributed by atoms with van der Waals surface area (Å²) in [5, 5.41) is 15.0. The van der Waals surface area contributed by atoms with Crippen LogP contribution >= 0.6 is 0 Å². The van der Waals surface area contributed by atoms with Crippen molar-refractivity contribution >= 4 is 16.8 Å². The highest BCUT2D eigenvalue weighted by atomic mass is 19.1. The summed E-state index contributed by atoms with van der Waals surface area (Å²) < 4.78 is 20.2. The lowest BCUT2D eigenvalue weighted by Crippen LogP contribution is -2.13. The van der Waals surface area contributed by atoms with Crippen LogP contribution < -0.4 is 5.73 Å². The highest BCUT2D eigenvalue weighted by Crippen LogP contribution is 2.30. The molecule has 8 heteroatoms. The minimum atomic E-state index is -1.02. The Morgan fingerprint density at radius 1 is 1.23 bits per heavy atom. The summed E-state index contributed by atoms with van der Waals surface area (Å²) >= 11 is 0. The summed E-state index contributed by atoms with van der Waals surface area (Å²) in [4.78, 5) is 16.2. The summed E-state index contributed by atoms with van der Waals surface area (Å²) in [6, 6.07) is 13.3. The Morgan fingerprint density at radius 2 is 2.00 bits per heavy atom. The molecule has 0 radical (unpaired) electrons. The van der Waals surface area contributed by atoms with Gasteiger partial charge in [-0.25, -0.2) is 9.37 Å². The molecule has 0 fully saturated rings. The first kappa shape index (κ1) is 20.6. The molecule has 1 atom stereocenters. The van der Waals surface area contributed by atoms with E-state index >= 15 is 0 Å². The molecule has 1 unspecified atom stereocenters. The third-order valence-electron chi connectivity index (χ3n) is 4.89. The van der Waals surface area contributed by atoms with Crippen molar-refractivity contribution in [2.45, 2.75) is 19.8 Å². The highest BCUT2D eigenvalue weighted by molar-refractivity contribution is 6.00. The first-order chi connectivity index (χ1) is 14.9. The number of fused-ring (bicyclic) bond motifs is 1. The van der Waals surface area contributed by atoms with Gasteiger partial charge in [-0.15, -0.1) is 0 Å². The summed E-state index contributed by atoms with van der Waals surface area (Å²) in [7, 11) is 0. The molecule has 0 aliphatic carbocycles. The zero-order valence-electron chi connectivity index (χ0n) is 16.8. The van der Waals surface area contributed by atoms with Crippen LogP contribution in [-0.2, 0) is 11.3 Å². The van der Waals surface area contributed by atoms with E-state index in [1.807, 2.05) is 18.2 Å². The van der Waals surface area contributed by atoms with Crippen LogP contribution in [0.4, 0.5) is 4.39 Å². The molecule has 2 aromatic carbocycles. The number of amides is 1. The standard InChI is InChI=1S/C23H21FN4O3/c1-2-31-23(30)16-11-26-28(13-16)12-14-3-8-18-19(15-4-6-17(24)7-5-15)10-21(22(25)29)27-20(18)9-14/h3-11,13,23,30H,2,12H2,1H3,(H2,25,29). The molecule has 0 aliphatic heterocycles. The lowest BCUT2D eigenvalue weighted by Gasteiger charge is -2.11. The van der Waals surface area contributed by atoms with Crippen LogP contribution in [0.15, 0.2) is 60.9 Å². The van der Waals surface area contributed by atoms with Crippen molar-refractivity contribution in [2.75, 3.05) is 6.61 Å². The Kier molecular flexibility index (Phi) is 5.75. The predicted molar refractivity (Wildman–Crippen MR) is 114 cm³/mol. The van der Waals surface area contributed by atoms with Gasteiger partial charge in [-0.3, -0.25) is 9.48 Å². The number of hydrogen-bond acceptors (Lipinski definition) is 5. The van der Waals surface area contributed by atoms with Gasteiger partial charge in [-0.05, 0) is 47.9 Å². The number of carbonyl (C=O) groups is 1. The van der Waals surface area contributed by atoms with Gasteiger partial charge in [0, 0.05) is 23.8 Å². The molecule has 31 heavy (non-hydrogen) atoms. The fraction of sp³-hybridized carbons (Fsp3) is 0.174. The molecule has 1 amide bonds. The Bertz CT molecular complexity index is 1240. The van der Waals surface area contributed by atoms with E-state index in [1.165, 1.54) is 12.1 Å². The number of nitrogens with two attached hydrogens (primary N) is 1. The number of primary amides is 1. The number of aliphatic hydroxyl groups is 1. The lowest BCUT2D eigenvalue weighted by atomic mass is 9.98. The third kappa shape index (κ3) is 4.45. The topological polar surface area (TPSA) is 103 Å². The van der Waals surface area contributed by atoms with Crippen molar-refractivity contribution < 1.29 is 19.0 Å². The lowest BCUT2D eigenvalue weighted by molar-refractivity contribution is -0.0980. The van der Waals surface area contributed by atoms with Crippen molar-refractivity contribution in [1.82, 2.24) is 14.8 Å². The molecule has 0 bridgehead atoms. The van der Waals surface area contributed by atoms with Crippen LogP contribution in [0.25, 0.3) is 22.0 Å². The van der Waals surface area contributed by atoms with Crippen molar-refractivity contribution in [1.29, 1.82) is 0 Å². The van der Waals surface area contributed by atoms with Gasteiger partial charge < -0.3 is 15.6 Å². The van der Waals surface area contributed by atoms with Gasteiger partial charge >= 0.3 is 0 Å². The van der Waals surface area contributed by atoms with Gasteiger partial charge in [0.15, 0.2) is 6.29 Å². The SMILES string of the molecule is CCOC(O)c1cnn(Cc2ccc3c(-c4ccc(F)cc4)cc(C(N)=O)nc3c2)c1. The van der Waals surface area contributed by atoms with Crippen molar-refractivity contribution in [3.63, 3.8) is 0 Å². The number of rotatable bonds is 7. The number of nitrogens with zero attached hydrogens (tertiary/aromatic N) is 3. The van der Waals surface area contributed by atoms with Gasteiger partial charge in [0.05, 0.1) is 18.3 Å². The largest absolute Gasteiger partial charge is 0.364 e. The molecular formula is C23H21FN4O3. The molecule has 4 rings (SSSR count). The fourth-order valence-corrected chi connectivity index (χ4v) is 3.40. The van der Waals surface area contributed by atoms with E-state index in [2.05, 4.69) is 10.1 Å². The van der Waals surface area contributed by atoms with Crippen LogP contribution in [0.1, 0.15) is 34.8 Å². The number of ether oxygens (including phenoxy) is 1. The Morgan fingerprint density at radius 3 is 2.71 bits per heavy atom. The minimum Gasteiger partial charge on any atom is -0.364 e. The van der Waals surface area contributed by atoms with E-state index in [1.54, 1.807) is 42.2 Å². The molecule has 7 nitrogen and oxygen atoms in total. The van der Waals surface area contributed by atoms with E-state index in [0.29, 0.717) is 24.2 Å². The maximum absolute atomic E-state index is 13.4. The second kappa shape index (κ2) is 8.63.